The average molecular weight is 210 g/mol. The van der Waals surface area contributed by atoms with Gasteiger partial charge in [0.15, 0.2) is 0 Å². The summed E-state index contributed by atoms with van der Waals surface area (Å²) in [7, 11) is 0. The van der Waals surface area contributed by atoms with Gasteiger partial charge in [0.2, 0.25) is 5.91 Å². The zero-order valence-corrected chi connectivity index (χ0v) is 8.49. The van der Waals surface area contributed by atoms with Crippen molar-refractivity contribution in [3.63, 3.8) is 0 Å². The average Bonchev–Trinajstić information content (AvgIpc) is 2.94. The Kier molecular flexibility index (Phi) is 1.80. The molecule has 3 fully saturated rings. The van der Waals surface area contributed by atoms with E-state index in [1.807, 2.05) is 0 Å². The van der Waals surface area contributed by atoms with Gasteiger partial charge in [0.25, 0.3) is 5.91 Å². The Labute approximate surface area is 87.8 Å². The van der Waals surface area contributed by atoms with Crippen LogP contribution in [0.5, 0.6) is 0 Å². The Morgan fingerprint density at radius 3 is 2.80 bits per heavy atom. The molecule has 3 aliphatic rings. The lowest BCUT2D eigenvalue weighted by Crippen LogP contribution is -2.67. The van der Waals surface area contributed by atoms with Crippen molar-refractivity contribution in [1.29, 1.82) is 0 Å². The van der Waals surface area contributed by atoms with E-state index in [-0.39, 0.29) is 18.4 Å². The van der Waals surface area contributed by atoms with Crippen molar-refractivity contribution >= 4 is 11.8 Å². The molecule has 0 unspecified atom stereocenters. The van der Waals surface area contributed by atoms with E-state index in [9.17, 15) is 9.59 Å². The van der Waals surface area contributed by atoms with Gasteiger partial charge >= 0.3 is 0 Å². The van der Waals surface area contributed by atoms with Crippen LogP contribution in [-0.4, -0.2) is 48.1 Å². The van der Waals surface area contributed by atoms with Crippen LogP contribution < -0.4 is 5.32 Å². The first-order chi connectivity index (χ1) is 7.21. The number of hydrogen-bond acceptors (Lipinski definition) is 3. The highest BCUT2D eigenvalue weighted by Crippen LogP contribution is 2.33. The summed E-state index contributed by atoms with van der Waals surface area (Å²) in [4.78, 5) is 25.5. The van der Waals surface area contributed by atoms with Crippen molar-refractivity contribution in [2.45, 2.75) is 30.8 Å². The summed E-state index contributed by atoms with van der Waals surface area (Å²) in [5.41, 5.74) is -0.738. The zero-order valence-electron chi connectivity index (χ0n) is 8.49. The topological polar surface area (TPSA) is 58.6 Å². The lowest BCUT2D eigenvalue weighted by Gasteiger charge is -2.38. The molecule has 1 atom stereocenters. The number of carbonyl (C=O) groups is 2. The minimum absolute atomic E-state index is 0.0491. The molecule has 5 heteroatoms. The largest absolute Gasteiger partial charge is 0.378 e. The van der Waals surface area contributed by atoms with Gasteiger partial charge < -0.3 is 15.0 Å². The van der Waals surface area contributed by atoms with E-state index in [4.69, 9.17) is 4.74 Å². The monoisotopic (exact) mass is 210 g/mol. The van der Waals surface area contributed by atoms with Gasteiger partial charge in [-0.05, 0) is 12.8 Å². The lowest BCUT2D eigenvalue weighted by molar-refractivity contribution is -0.150. The molecule has 1 N–H and O–H groups in total. The van der Waals surface area contributed by atoms with Crippen LogP contribution in [0.25, 0.3) is 0 Å². The lowest BCUT2D eigenvalue weighted by atomic mass is 9.94. The number of nitrogens with one attached hydrogen (secondary N) is 1. The number of amides is 2. The molecule has 1 spiro atoms. The number of ether oxygens (including phenoxy) is 1. The predicted molar refractivity (Wildman–Crippen MR) is 51.0 cm³/mol. The van der Waals surface area contributed by atoms with Crippen LogP contribution in [0.1, 0.15) is 19.3 Å². The van der Waals surface area contributed by atoms with Crippen molar-refractivity contribution < 1.29 is 14.3 Å². The van der Waals surface area contributed by atoms with Gasteiger partial charge in [0.05, 0.1) is 13.2 Å². The number of carbonyl (C=O) groups excluding carboxylic acids is 2. The summed E-state index contributed by atoms with van der Waals surface area (Å²) >= 11 is 0. The summed E-state index contributed by atoms with van der Waals surface area (Å²) in [5, 5.41) is 2.80. The standard InChI is InChI=1S/C10H14N2O3/c13-8-5-12(7-1-2-7)9(14)10(11-8)3-4-15-6-10/h7H,1-6H2,(H,11,13)/t10-/m0/s1. The Bertz CT molecular complexity index is 319. The van der Waals surface area contributed by atoms with E-state index in [0.29, 0.717) is 25.7 Å². The molecule has 2 saturated heterocycles. The smallest absolute Gasteiger partial charge is 0.251 e. The molecule has 1 saturated carbocycles. The maximum Gasteiger partial charge on any atom is 0.251 e. The molecule has 1 aliphatic carbocycles. The van der Waals surface area contributed by atoms with E-state index in [2.05, 4.69) is 5.32 Å². The van der Waals surface area contributed by atoms with Gasteiger partial charge in [-0.3, -0.25) is 9.59 Å². The molecule has 0 radical (unpaired) electrons. The van der Waals surface area contributed by atoms with Gasteiger partial charge in [0, 0.05) is 19.1 Å². The molecule has 15 heavy (non-hydrogen) atoms. The number of rotatable bonds is 1. The molecule has 0 aromatic rings. The van der Waals surface area contributed by atoms with E-state index >= 15 is 0 Å². The molecule has 0 bridgehead atoms. The summed E-state index contributed by atoms with van der Waals surface area (Å²) < 4.78 is 5.24. The highest BCUT2D eigenvalue weighted by atomic mass is 16.5. The second-order valence-corrected chi connectivity index (χ2v) is 4.60. The highest BCUT2D eigenvalue weighted by Gasteiger charge is 2.52. The Morgan fingerprint density at radius 2 is 2.20 bits per heavy atom. The van der Waals surface area contributed by atoms with E-state index in [0.717, 1.165) is 12.8 Å². The minimum Gasteiger partial charge on any atom is -0.378 e. The quantitative estimate of drug-likeness (QED) is 0.620. The molecule has 2 heterocycles. The van der Waals surface area contributed by atoms with Crippen molar-refractivity contribution in [1.82, 2.24) is 10.2 Å². The maximum absolute atomic E-state index is 12.2. The third-order valence-electron chi connectivity index (χ3n) is 3.37. The van der Waals surface area contributed by atoms with Crippen LogP contribution in [0.2, 0.25) is 0 Å². The first kappa shape index (κ1) is 9.15. The molecule has 5 nitrogen and oxygen atoms in total. The summed E-state index contributed by atoms with van der Waals surface area (Å²) in [6.45, 7) is 1.12. The summed E-state index contributed by atoms with van der Waals surface area (Å²) in [6, 6.07) is 0.307. The maximum atomic E-state index is 12.2. The molecule has 2 aliphatic heterocycles. The summed E-state index contributed by atoms with van der Waals surface area (Å²) in [5.74, 6) is 0.00843. The minimum atomic E-state index is -0.738. The van der Waals surface area contributed by atoms with Gasteiger partial charge in [-0.15, -0.1) is 0 Å². The Hall–Kier alpha value is -1.10. The van der Waals surface area contributed by atoms with Crippen LogP contribution in [-0.2, 0) is 14.3 Å². The molecule has 82 valence electrons. The fourth-order valence-electron chi connectivity index (χ4n) is 2.37. The second kappa shape index (κ2) is 2.95. The molecule has 0 aromatic heterocycles. The van der Waals surface area contributed by atoms with Crippen LogP contribution in [0.4, 0.5) is 0 Å². The summed E-state index contributed by atoms with van der Waals surface area (Å²) in [6.07, 6.45) is 2.69. The fourth-order valence-corrected chi connectivity index (χ4v) is 2.37. The first-order valence-electron chi connectivity index (χ1n) is 5.41. The van der Waals surface area contributed by atoms with Crippen molar-refractivity contribution in [2.24, 2.45) is 0 Å². The predicted octanol–water partition coefficient (Wildman–Crippen LogP) is -0.734. The normalized spacial score (nSPS) is 36.1. The third-order valence-corrected chi connectivity index (χ3v) is 3.37. The number of piperazine rings is 1. The van der Waals surface area contributed by atoms with Crippen LogP contribution in [0, 0.1) is 0 Å². The molecule has 2 amide bonds. The van der Waals surface area contributed by atoms with E-state index in [1.54, 1.807) is 4.90 Å². The SMILES string of the molecule is O=C1CN(C2CC2)C(=O)[C@@]2(CCOC2)N1. The second-order valence-electron chi connectivity index (χ2n) is 4.60. The molecular weight excluding hydrogens is 196 g/mol. The van der Waals surface area contributed by atoms with E-state index in [1.165, 1.54) is 0 Å². The Morgan fingerprint density at radius 1 is 1.40 bits per heavy atom. The molecular formula is C10H14N2O3. The molecule has 3 rings (SSSR count). The fraction of sp³-hybridized carbons (Fsp3) is 0.800. The van der Waals surface area contributed by atoms with Crippen molar-refractivity contribution in [2.75, 3.05) is 19.8 Å². The van der Waals surface area contributed by atoms with Crippen LogP contribution >= 0.6 is 0 Å². The Balaban J connectivity index is 1.87. The first-order valence-corrected chi connectivity index (χ1v) is 5.41. The van der Waals surface area contributed by atoms with Crippen molar-refractivity contribution in [3.05, 3.63) is 0 Å². The van der Waals surface area contributed by atoms with Gasteiger partial charge in [-0.1, -0.05) is 0 Å². The number of hydrogen-bond donors (Lipinski definition) is 1. The van der Waals surface area contributed by atoms with E-state index < -0.39 is 5.54 Å². The highest BCUT2D eigenvalue weighted by molar-refractivity contribution is 5.98. The zero-order chi connectivity index (χ0) is 10.5. The van der Waals surface area contributed by atoms with Gasteiger partial charge in [-0.2, -0.15) is 0 Å². The van der Waals surface area contributed by atoms with Gasteiger partial charge in [-0.25, -0.2) is 0 Å². The number of nitrogens with zero attached hydrogens (tertiary/aromatic N) is 1. The van der Waals surface area contributed by atoms with Gasteiger partial charge in [0.1, 0.15) is 5.54 Å². The van der Waals surface area contributed by atoms with Crippen LogP contribution in [0.3, 0.4) is 0 Å². The molecule has 0 aromatic carbocycles. The van der Waals surface area contributed by atoms with Crippen LogP contribution in [0.15, 0.2) is 0 Å². The van der Waals surface area contributed by atoms with Crippen molar-refractivity contribution in [3.8, 4) is 0 Å². The third kappa shape index (κ3) is 1.33.